The first kappa shape index (κ1) is 16.4. The highest BCUT2D eigenvalue weighted by atomic mass is 19.1. The molecule has 4 rings (SSSR count). The molecule has 1 saturated heterocycles. The van der Waals surface area contributed by atoms with Crippen LogP contribution in [0, 0.1) is 19.7 Å². The van der Waals surface area contributed by atoms with Gasteiger partial charge in [-0.3, -0.25) is 4.79 Å². The number of anilines is 1. The number of hydrogen-bond acceptors (Lipinski definition) is 4. The zero-order valence-electron chi connectivity index (χ0n) is 14.6. The summed E-state index contributed by atoms with van der Waals surface area (Å²) in [6.45, 7) is 4.52. The van der Waals surface area contributed by atoms with Gasteiger partial charge in [0.2, 0.25) is 17.6 Å². The zero-order valence-corrected chi connectivity index (χ0v) is 14.6. The molecule has 3 aromatic rings. The lowest BCUT2D eigenvalue weighted by atomic mass is 10.1. The first-order valence-corrected chi connectivity index (χ1v) is 8.48. The van der Waals surface area contributed by atoms with Crippen LogP contribution in [-0.4, -0.2) is 22.6 Å². The van der Waals surface area contributed by atoms with Gasteiger partial charge in [-0.05, 0) is 37.6 Å². The minimum atomic E-state index is -0.356. The number of halogens is 1. The summed E-state index contributed by atoms with van der Waals surface area (Å²) in [6.07, 6.45) is 0.318. The van der Waals surface area contributed by atoms with Crippen molar-refractivity contribution in [2.75, 3.05) is 11.4 Å². The summed E-state index contributed by atoms with van der Waals surface area (Å²) in [5, 5.41) is 3.94. The molecule has 0 saturated carbocycles. The van der Waals surface area contributed by atoms with Crippen LogP contribution in [0.5, 0.6) is 0 Å². The molecule has 0 aliphatic carbocycles. The van der Waals surface area contributed by atoms with Crippen molar-refractivity contribution in [2.24, 2.45) is 0 Å². The molecule has 1 fully saturated rings. The maximum atomic E-state index is 13.4. The summed E-state index contributed by atoms with van der Waals surface area (Å²) < 4.78 is 18.7. The second kappa shape index (κ2) is 6.37. The van der Waals surface area contributed by atoms with Crippen molar-refractivity contribution in [3.05, 3.63) is 65.3 Å². The average molecular weight is 351 g/mol. The van der Waals surface area contributed by atoms with Gasteiger partial charge in [0, 0.05) is 24.2 Å². The zero-order chi connectivity index (χ0) is 18.3. The lowest BCUT2D eigenvalue weighted by Crippen LogP contribution is -2.25. The fourth-order valence-electron chi connectivity index (χ4n) is 3.36. The molecule has 1 aromatic heterocycles. The summed E-state index contributed by atoms with van der Waals surface area (Å²) in [6, 6.07) is 12.1. The van der Waals surface area contributed by atoms with E-state index in [4.69, 9.17) is 4.52 Å². The number of carbonyl (C=O) groups excluding carboxylic acids is 1. The Bertz CT molecular complexity index is 983. The van der Waals surface area contributed by atoms with Crippen LogP contribution in [0.3, 0.4) is 0 Å². The Morgan fingerprint density at radius 2 is 2.04 bits per heavy atom. The molecule has 5 nitrogen and oxygen atoms in total. The molecule has 1 unspecified atom stereocenters. The van der Waals surface area contributed by atoms with E-state index in [-0.39, 0.29) is 17.6 Å². The van der Waals surface area contributed by atoms with Gasteiger partial charge in [-0.15, -0.1) is 0 Å². The largest absolute Gasteiger partial charge is 0.339 e. The number of hydrogen-bond donors (Lipinski definition) is 0. The molecule has 0 spiro atoms. The molecule has 2 heterocycles. The third kappa shape index (κ3) is 2.98. The SMILES string of the molecule is Cc1ccc(N2CC(c3nc(-c4cccc(F)c4)no3)CC2=O)c(C)c1. The van der Waals surface area contributed by atoms with Crippen molar-refractivity contribution in [3.63, 3.8) is 0 Å². The van der Waals surface area contributed by atoms with E-state index in [0.717, 1.165) is 16.8 Å². The smallest absolute Gasteiger partial charge is 0.232 e. The number of nitrogens with zero attached hydrogens (tertiary/aromatic N) is 3. The Kier molecular flexibility index (Phi) is 4.03. The minimum Gasteiger partial charge on any atom is -0.339 e. The van der Waals surface area contributed by atoms with Crippen LogP contribution in [0.25, 0.3) is 11.4 Å². The quantitative estimate of drug-likeness (QED) is 0.715. The fourth-order valence-corrected chi connectivity index (χ4v) is 3.36. The van der Waals surface area contributed by atoms with Crippen molar-refractivity contribution < 1.29 is 13.7 Å². The van der Waals surface area contributed by atoms with Crippen LogP contribution in [0.2, 0.25) is 0 Å². The van der Waals surface area contributed by atoms with E-state index in [0.29, 0.717) is 30.2 Å². The van der Waals surface area contributed by atoms with Crippen molar-refractivity contribution in [3.8, 4) is 11.4 Å². The topological polar surface area (TPSA) is 59.2 Å². The summed E-state index contributed by atoms with van der Waals surface area (Å²) >= 11 is 0. The molecule has 1 aliphatic rings. The number of rotatable bonds is 3. The highest BCUT2D eigenvalue weighted by Crippen LogP contribution is 2.33. The summed E-state index contributed by atoms with van der Waals surface area (Å²) in [5.41, 5.74) is 3.68. The second-order valence-electron chi connectivity index (χ2n) is 6.66. The summed E-state index contributed by atoms with van der Waals surface area (Å²) in [7, 11) is 0. The van der Waals surface area contributed by atoms with Gasteiger partial charge < -0.3 is 9.42 Å². The van der Waals surface area contributed by atoms with Crippen molar-refractivity contribution in [2.45, 2.75) is 26.2 Å². The van der Waals surface area contributed by atoms with Gasteiger partial charge in [0.05, 0.1) is 5.92 Å². The standard InChI is InChI=1S/C20H18FN3O2/c1-12-6-7-17(13(2)8-12)24-11-15(10-18(24)25)20-22-19(23-26-20)14-4-3-5-16(21)9-14/h3-9,15H,10-11H2,1-2H3. The van der Waals surface area contributed by atoms with Gasteiger partial charge in [0.1, 0.15) is 5.82 Å². The number of aryl methyl sites for hydroxylation is 2. The molecule has 1 aliphatic heterocycles. The first-order chi connectivity index (χ1) is 12.5. The van der Waals surface area contributed by atoms with E-state index in [1.54, 1.807) is 17.0 Å². The first-order valence-electron chi connectivity index (χ1n) is 8.48. The minimum absolute atomic E-state index is 0.0347. The maximum Gasteiger partial charge on any atom is 0.232 e. The van der Waals surface area contributed by atoms with Crippen LogP contribution in [0.4, 0.5) is 10.1 Å². The second-order valence-corrected chi connectivity index (χ2v) is 6.66. The van der Waals surface area contributed by atoms with Gasteiger partial charge in [-0.2, -0.15) is 4.98 Å². The van der Waals surface area contributed by atoms with E-state index >= 15 is 0 Å². The van der Waals surface area contributed by atoms with Gasteiger partial charge >= 0.3 is 0 Å². The molecular formula is C20H18FN3O2. The van der Waals surface area contributed by atoms with Crippen molar-refractivity contribution in [1.29, 1.82) is 0 Å². The number of benzene rings is 2. The molecule has 0 N–H and O–H groups in total. The van der Waals surface area contributed by atoms with Crippen LogP contribution in [0.1, 0.15) is 29.4 Å². The molecule has 0 radical (unpaired) electrons. The lowest BCUT2D eigenvalue weighted by Gasteiger charge is -2.19. The average Bonchev–Trinajstić information content (AvgIpc) is 3.22. The molecule has 26 heavy (non-hydrogen) atoms. The van der Waals surface area contributed by atoms with Gasteiger partial charge in [-0.1, -0.05) is 35.0 Å². The van der Waals surface area contributed by atoms with E-state index in [1.165, 1.54) is 12.1 Å². The highest BCUT2D eigenvalue weighted by Gasteiger charge is 2.35. The molecular weight excluding hydrogens is 333 g/mol. The lowest BCUT2D eigenvalue weighted by molar-refractivity contribution is -0.117. The number of aromatic nitrogens is 2. The van der Waals surface area contributed by atoms with Gasteiger partial charge in [0.25, 0.3) is 0 Å². The number of carbonyl (C=O) groups is 1. The van der Waals surface area contributed by atoms with E-state index in [1.807, 2.05) is 26.0 Å². The summed E-state index contributed by atoms with van der Waals surface area (Å²) in [5.74, 6) is 0.248. The Hall–Kier alpha value is -3.02. The van der Waals surface area contributed by atoms with Crippen LogP contribution < -0.4 is 4.90 Å². The Balaban J connectivity index is 1.58. The molecule has 1 atom stereocenters. The van der Waals surface area contributed by atoms with Crippen LogP contribution >= 0.6 is 0 Å². The van der Waals surface area contributed by atoms with E-state index in [9.17, 15) is 9.18 Å². The Morgan fingerprint density at radius 1 is 1.19 bits per heavy atom. The predicted molar refractivity (Wildman–Crippen MR) is 95.3 cm³/mol. The van der Waals surface area contributed by atoms with Gasteiger partial charge in [0.15, 0.2) is 0 Å². The van der Waals surface area contributed by atoms with E-state index < -0.39 is 0 Å². The normalized spacial score (nSPS) is 17.1. The monoisotopic (exact) mass is 351 g/mol. The molecule has 132 valence electrons. The van der Waals surface area contributed by atoms with Crippen LogP contribution in [0.15, 0.2) is 47.0 Å². The Morgan fingerprint density at radius 3 is 2.81 bits per heavy atom. The molecule has 0 bridgehead atoms. The third-order valence-electron chi connectivity index (χ3n) is 4.64. The van der Waals surface area contributed by atoms with Crippen molar-refractivity contribution >= 4 is 11.6 Å². The Labute approximate surface area is 150 Å². The molecule has 6 heteroatoms. The molecule has 2 aromatic carbocycles. The predicted octanol–water partition coefficient (Wildman–Crippen LogP) is 4.01. The van der Waals surface area contributed by atoms with E-state index in [2.05, 4.69) is 16.2 Å². The highest BCUT2D eigenvalue weighted by molar-refractivity contribution is 5.97. The van der Waals surface area contributed by atoms with Crippen molar-refractivity contribution in [1.82, 2.24) is 10.1 Å². The molecule has 1 amide bonds. The summed E-state index contributed by atoms with van der Waals surface area (Å²) in [4.78, 5) is 18.7. The van der Waals surface area contributed by atoms with Crippen LogP contribution in [-0.2, 0) is 4.79 Å². The number of amides is 1. The fraction of sp³-hybridized carbons (Fsp3) is 0.250. The van der Waals surface area contributed by atoms with Gasteiger partial charge in [-0.25, -0.2) is 4.39 Å². The third-order valence-corrected chi connectivity index (χ3v) is 4.64. The maximum absolute atomic E-state index is 13.4.